The molecule has 0 spiro atoms. The highest BCUT2D eigenvalue weighted by Crippen LogP contribution is 2.41. The minimum absolute atomic E-state index is 0.0340. The highest BCUT2D eigenvalue weighted by molar-refractivity contribution is 6.46. The smallest absolute Gasteiger partial charge is 0.295 e. The summed E-state index contributed by atoms with van der Waals surface area (Å²) in [5, 5.41) is 11.7. The second-order valence-electron chi connectivity index (χ2n) is 9.29. The lowest BCUT2D eigenvalue weighted by Gasteiger charge is -2.26. The fourth-order valence-electron chi connectivity index (χ4n) is 4.10. The van der Waals surface area contributed by atoms with Crippen molar-refractivity contribution < 1.29 is 14.7 Å². The zero-order valence-corrected chi connectivity index (χ0v) is 19.6. The quantitative estimate of drug-likeness (QED) is 0.284. The first-order chi connectivity index (χ1) is 15.7. The largest absolute Gasteiger partial charge is 0.507 e. The molecule has 4 rings (SSSR count). The van der Waals surface area contributed by atoms with Crippen LogP contribution in [0.5, 0.6) is 0 Å². The summed E-state index contributed by atoms with van der Waals surface area (Å²) < 4.78 is 0. The van der Waals surface area contributed by atoms with Crippen molar-refractivity contribution >= 4 is 29.1 Å². The van der Waals surface area contributed by atoms with Crippen LogP contribution in [0.1, 0.15) is 49.1 Å². The van der Waals surface area contributed by atoms with Gasteiger partial charge in [0.15, 0.2) is 0 Å². The third kappa shape index (κ3) is 4.57. The van der Waals surface area contributed by atoms with Gasteiger partial charge in [-0.2, -0.15) is 0 Å². The topological polar surface area (TPSA) is 57.6 Å². The number of halogens is 1. The van der Waals surface area contributed by atoms with Gasteiger partial charge in [-0.1, -0.05) is 87.0 Å². The van der Waals surface area contributed by atoms with E-state index in [-0.39, 0.29) is 23.3 Å². The minimum Gasteiger partial charge on any atom is -0.507 e. The first-order valence-corrected chi connectivity index (χ1v) is 11.2. The van der Waals surface area contributed by atoms with Gasteiger partial charge in [0.1, 0.15) is 5.76 Å². The number of carbonyl (C=O) groups is 2. The SMILES string of the molecule is CC(C)(C)c1ccc(C2C(=C(O)c3ccc(Cl)cc3)C(=O)C(=O)N2Cc2ccccc2)cc1. The molecule has 33 heavy (non-hydrogen) atoms. The summed E-state index contributed by atoms with van der Waals surface area (Å²) in [6.07, 6.45) is 0. The van der Waals surface area contributed by atoms with E-state index in [4.69, 9.17) is 11.6 Å². The van der Waals surface area contributed by atoms with E-state index in [0.29, 0.717) is 10.6 Å². The highest BCUT2D eigenvalue weighted by atomic mass is 35.5. The molecule has 1 heterocycles. The third-order valence-corrected chi connectivity index (χ3v) is 6.20. The molecule has 5 heteroatoms. The van der Waals surface area contributed by atoms with Gasteiger partial charge in [-0.25, -0.2) is 0 Å². The van der Waals surface area contributed by atoms with Gasteiger partial charge in [0.05, 0.1) is 11.6 Å². The number of rotatable bonds is 4. The first-order valence-electron chi connectivity index (χ1n) is 10.9. The number of ketones is 1. The van der Waals surface area contributed by atoms with Crippen LogP contribution in [0, 0.1) is 0 Å². The molecule has 0 aliphatic carbocycles. The molecule has 1 N–H and O–H groups in total. The summed E-state index contributed by atoms with van der Waals surface area (Å²) in [6, 6.07) is 23.3. The summed E-state index contributed by atoms with van der Waals surface area (Å²) in [5.41, 5.74) is 3.31. The summed E-state index contributed by atoms with van der Waals surface area (Å²) in [6.45, 7) is 6.65. The number of hydrogen-bond donors (Lipinski definition) is 1. The van der Waals surface area contributed by atoms with E-state index >= 15 is 0 Å². The van der Waals surface area contributed by atoms with E-state index in [0.717, 1.165) is 16.7 Å². The molecule has 1 saturated heterocycles. The van der Waals surface area contributed by atoms with Crippen LogP contribution in [-0.4, -0.2) is 21.7 Å². The molecular weight excluding hydrogens is 434 g/mol. The van der Waals surface area contributed by atoms with E-state index in [2.05, 4.69) is 20.8 Å². The number of Topliss-reactive ketones (excluding diaryl/α,β-unsaturated/α-hetero) is 1. The highest BCUT2D eigenvalue weighted by Gasteiger charge is 2.46. The summed E-state index contributed by atoms with van der Waals surface area (Å²) in [4.78, 5) is 27.8. The van der Waals surface area contributed by atoms with Crippen LogP contribution >= 0.6 is 11.6 Å². The van der Waals surface area contributed by atoms with Crippen LogP contribution in [0.2, 0.25) is 5.02 Å². The second-order valence-corrected chi connectivity index (χ2v) is 9.73. The van der Waals surface area contributed by atoms with E-state index < -0.39 is 17.7 Å². The fraction of sp³-hybridized carbons (Fsp3) is 0.214. The van der Waals surface area contributed by atoms with Gasteiger partial charge < -0.3 is 10.0 Å². The first kappa shape index (κ1) is 22.8. The average Bonchev–Trinajstić information content (AvgIpc) is 3.04. The number of amides is 1. The van der Waals surface area contributed by atoms with Crippen molar-refractivity contribution in [3.05, 3.63) is 112 Å². The van der Waals surface area contributed by atoms with Crippen molar-refractivity contribution in [2.75, 3.05) is 0 Å². The lowest BCUT2D eigenvalue weighted by molar-refractivity contribution is -0.140. The van der Waals surface area contributed by atoms with E-state index in [1.165, 1.54) is 4.90 Å². The van der Waals surface area contributed by atoms with Gasteiger partial charge >= 0.3 is 0 Å². The van der Waals surface area contributed by atoms with Gasteiger partial charge in [0.2, 0.25) is 0 Å². The molecule has 0 radical (unpaired) electrons. The number of likely N-dealkylation sites (tertiary alicyclic amines) is 1. The fourth-order valence-corrected chi connectivity index (χ4v) is 4.22. The predicted molar refractivity (Wildman–Crippen MR) is 131 cm³/mol. The molecule has 4 nitrogen and oxygen atoms in total. The molecule has 0 saturated carbocycles. The Hall–Kier alpha value is -3.37. The lowest BCUT2D eigenvalue weighted by atomic mass is 9.85. The predicted octanol–water partition coefficient (Wildman–Crippen LogP) is 6.26. The minimum atomic E-state index is -0.699. The van der Waals surface area contributed by atoms with E-state index in [9.17, 15) is 14.7 Å². The molecule has 1 atom stereocenters. The Balaban J connectivity index is 1.85. The maximum atomic E-state index is 13.2. The molecule has 0 aromatic heterocycles. The summed E-state index contributed by atoms with van der Waals surface area (Å²) >= 11 is 5.99. The molecule has 1 unspecified atom stereocenters. The molecule has 3 aromatic rings. The van der Waals surface area contributed by atoms with Crippen LogP contribution in [-0.2, 0) is 21.5 Å². The van der Waals surface area contributed by atoms with Crippen molar-refractivity contribution in [3.63, 3.8) is 0 Å². The van der Waals surface area contributed by atoms with Crippen molar-refractivity contribution in [1.29, 1.82) is 0 Å². The zero-order chi connectivity index (χ0) is 23.8. The monoisotopic (exact) mass is 459 g/mol. The summed E-state index contributed by atoms with van der Waals surface area (Å²) in [5.74, 6) is -1.52. The number of nitrogens with zero attached hydrogens (tertiary/aromatic N) is 1. The molecule has 1 fully saturated rings. The average molecular weight is 460 g/mol. The Morgan fingerprint density at radius 1 is 0.909 bits per heavy atom. The molecule has 0 bridgehead atoms. The number of hydrogen-bond acceptors (Lipinski definition) is 3. The van der Waals surface area contributed by atoms with E-state index in [1.54, 1.807) is 24.3 Å². The summed E-state index contributed by atoms with van der Waals surface area (Å²) in [7, 11) is 0. The van der Waals surface area contributed by atoms with Gasteiger partial charge in [0, 0.05) is 17.1 Å². The molecule has 1 amide bonds. The van der Waals surface area contributed by atoms with Crippen LogP contribution in [0.4, 0.5) is 0 Å². The molecule has 1 aliphatic rings. The van der Waals surface area contributed by atoms with Crippen molar-refractivity contribution in [3.8, 4) is 0 Å². The van der Waals surface area contributed by atoms with Crippen LogP contribution in [0.25, 0.3) is 5.76 Å². The van der Waals surface area contributed by atoms with Crippen LogP contribution in [0.3, 0.4) is 0 Å². The van der Waals surface area contributed by atoms with Crippen molar-refractivity contribution in [1.82, 2.24) is 4.90 Å². The second kappa shape index (κ2) is 8.87. The normalized spacial score (nSPS) is 18.1. The molecule has 168 valence electrons. The van der Waals surface area contributed by atoms with Gasteiger partial charge in [-0.3, -0.25) is 9.59 Å². The number of aliphatic hydroxyl groups is 1. The standard InChI is InChI=1S/C28H26ClNO3/c1-28(2,3)21-13-9-19(10-14-21)24-23(25(31)20-11-15-22(29)16-12-20)26(32)27(33)30(24)17-18-7-5-4-6-8-18/h4-16,24,31H,17H2,1-3H3. The van der Waals surface area contributed by atoms with Gasteiger partial charge in [-0.15, -0.1) is 0 Å². The maximum Gasteiger partial charge on any atom is 0.295 e. The molecule has 1 aliphatic heterocycles. The Bertz CT molecular complexity index is 1210. The zero-order valence-electron chi connectivity index (χ0n) is 18.9. The van der Waals surface area contributed by atoms with Gasteiger partial charge in [0.25, 0.3) is 11.7 Å². The van der Waals surface area contributed by atoms with Crippen LogP contribution in [0.15, 0.2) is 84.4 Å². The number of aliphatic hydroxyl groups excluding tert-OH is 1. The molecular formula is C28H26ClNO3. The Morgan fingerprint density at radius 3 is 2.09 bits per heavy atom. The number of benzene rings is 3. The maximum absolute atomic E-state index is 13.2. The number of carbonyl (C=O) groups excluding carboxylic acids is 2. The Kier molecular flexibility index (Phi) is 6.13. The van der Waals surface area contributed by atoms with E-state index in [1.807, 2.05) is 54.6 Å². The Labute approximate surface area is 199 Å². The lowest BCUT2D eigenvalue weighted by Crippen LogP contribution is -2.29. The van der Waals surface area contributed by atoms with Gasteiger partial charge in [-0.05, 0) is 46.4 Å². The Morgan fingerprint density at radius 2 is 1.52 bits per heavy atom. The van der Waals surface area contributed by atoms with Crippen LogP contribution < -0.4 is 0 Å². The van der Waals surface area contributed by atoms with Crippen molar-refractivity contribution in [2.24, 2.45) is 0 Å². The third-order valence-electron chi connectivity index (χ3n) is 5.95. The van der Waals surface area contributed by atoms with Crippen molar-refractivity contribution in [2.45, 2.75) is 38.8 Å². The molecule has 3 aromatic carbocycles.